The fourth-order valence-corrected chi connectivity index (χ4v) is 2.42. The maximum atomic E-state index is 5.66. The molecule has 2 aromatic rings. The normalized spacial score (nSPS) is 12.7. The molecule has 0 amide bonds. The highest BCUT2D eigenvalue weighted by atomic mass is 16.3. The SMILES string of the molecule is C=CCCCC(NCCC)c1coc2ccccc12. The molecule has 0 radical (unpaired) electrons. The molecule has 0 fully saturated rings. The van der Waals surface area contributed by atoms with Crippen molar-refractivity contribution < 1.29 is 4.42 Å². The zero-order chi connectivity index (χ0) is 13.5. The second kappa shape index (κ2) is 7.15. The van der Waals surface area contributed by atoms with E-state index in [4.69, 9.17) is 4.42 Å². The second-order valence-corrected chi connectivity index (χ2v) is 4.91. The summed E-state index contributed by atoms with van der Waals surface area (Å²) in [5.41, 5.74) is 2.26. The molecule has 1 N–H and O–H groups in total. The molecule has 1 atom stereocenters. The quantitative estimate of drug-likeness (QED) is 0.541. The van der Waals surface area contributed by atoms with Gasteiger partial charge in [-0.15, -0.1) is 6.58 Å². The first-order valence-corrected chi connectivity index (χ1v) is 7.17. The van der Waals surface area contributed by atoms with Gasteiger partial charge in [0.25, 0.3) is 0 Å². The largest absolute Gasteiger partial charge is 0.464 e. The zero-order valence-corrected chi connectivity index (χ0v) is 11.7. The fraction of sp³-hybridized carbons (Fsp3) is 0.412. The Morgan fingerprint density at radius 1 is 1.37 bits per heavy atom. The van der Waals surface area contributed by atoms with Crippen LogP contribution >= 0.6 is 0 Å². The van der Waals surface area contributed by atoms with Crippen LogP contribution in [0.25, 0.3) is 11.0 Å². The van der Waals surface area contributed by atoms with Gasteiger partial charge in [-0.25, -0.2) is 0 Å². The molecule has 1 heterocycles. The van der Waals surface area contributed by atoms with Crippen LogP contribution in [0.3, 0.4) is 0 Å². The number of furan rings is 1. The number of unbranched alkanes of at least 4 members (excludes halogenated alkanes) is 1. The van der Waals surface area contributed by atoms with Gasteiger partial charge in [0.1, 0.15) is 5.58 Å². The molecule has 1 unspecified atom stereocenters. The average Bonchev–Trinajstić information content (AvgIpc) is 2.87. The van der Waals surface area contributed by atoms with E-state index in [-0.39, 0.29) is 0 Å². The highest BCUT2D eigenvalue weighted by molar-refractivity contribution is 5.81. The van der Waals surface area contributed by atoms with Crippen molar-refractivity contribution >= 4 is 11.0 Å². The molecule has 0 aliphatic heterocycles. The summed E-state index contributed by atoms with van der Waals surface area (Å²) < 4.78 is 5.66. The lowest BCUT2D eigenvalue weighted by molar-refractivity contribution is 0.481. The molecule has 0 saturated carbocycles. The summed E-state index contributed by atoms with van der Waals surface area (Å²) in [5, 5.41) is 4.86. The van der Waals surface area contributed by atoms with Gasteiger partial charge in [-0.2, -0.15) is 0 Å². The summed E-state index contributed by atoms with van der Waals surface area (Å²) in [6, 6.07) is 8.63. The summed E-state index contributed by atoms with van der Waals surface area (Å²) in [4.78, 5) is 0. The predicted molar refractivity (Wildman–Crippen MR) is 81.3 cm³/mol. The Hall–Kier alpha value is -1.54. The van der Waals surface area contributed by atoms with Crippen molar-refractivity contribution in [3.63, 3.8) is 0 Å². The van der Waals surface area contributed by atoms with Crippen molar-refractivity contribution in [2.75, 3.05) is 6.54 Å². The number of nitrogens with one attached hydrogen (secondary N) is 1. The molecule has 19 heavy (non-hydrogen) atoms. The minimum atomic E-state index is 0.378. The second-order valence-electron chi connectivity index (χ2n) is 4.91. The van der Waals surface area contributed by atoms with Crippen molar-refractivity contribution in [1.29, 1.82) is 0 Å². The fourth-order valence-electron chi connectivity index (χ4n) is 2.42. The lowest BCUT2D eigenvalue weighted by Gasteiger charge is -2.17. The predicted octanol–water partition coefficient (Wildman–Crippen LogP) is 4.83. The van der Waals surface area contributed by atoms with Gasteiger partial charge in [0.2, 0.25) is 0 Å². The number of rotatable bonds is 8. The van der Waals surface area contributed by atoms with E-state index in [2.05, 4.69) is 31.0 Å². The molecule has 1 aromatic heterocycles. The number of hydrogen-bond acceptors (Lipinski definition) is 2. The minimum Gasteiger partial charge on any atom is -0.464 e. The van der Waals surface area contributed by atoms with Gasteiger partial charge in [0.15, 0.2) is 0 Å². The van der Waals surface area contributed by atoms with Crippen LogP contribution in [0.2, 0.25) is 0 Å². The molecular weight excluding hydrogens is 234 g/mol. The lowest BCUT2D eigenvalue weighted by atomic mass is 10.00. The zero-order valence-electron chi connectivity index (χ0n) is 11.7. The smallest absolute Gasteiger partial charge is 0.134 e. The van der Waals surface area contributed by atoms with E-state index < -0.39 is 0 Å². The molecule has 0 spiro atoms. The van der Waals surface area contributed by atoms with E-state index in [1.54, 1.807) is 0 Å². The third-order valence-corrected chi connectivity index (χ3v) is 3.43. The van der Waals surface area contributed by atoms with Crippen LogP contribution in [-0.2, 0) is 0 Å². The van der Waals surface area contributed by atoms with Crippen LogP contribution in [-0.4, -0.2) is 6.54 Å². The Morgan fingerprint density at radius 2 is 2.21 bits per heavy atom. The van der Waals surface area contributed by atoms with Crippen LogP contribution in [0.4, 0.5) is 0 Å². The average molecular weight is 257 g/mol. The van der Waals surface area contributed by atoms with Crippen LogP contribution in [0, 0.1) is 0 Å². The van der Waals surface area contributed by atoms with Gasteiger partial charge in [-0.3, -0.25) is 0 Å². The first-order valence-electron chi connectivity index (χ1n) is 7.17. The van der Waals surface area contributed by atoms with Crippen molar-refractivity contribution in [1.82, 2.24) is 5.32 Å². The molecule has 102 valence electrons. The van der Waals surface area contributed by atoms with Crippen LogP contribution in [0.5, 0.6) is 0 Å². The monoisotopic (exact) mass is 257 g/mol. The third kappa shape index (κ3) is 3.48. The summed E-state index contributed by atoms with van der Waals surface area (Å²) in [6.45, 7) is 7.03. The number of para-hydroxylation sites is 1. The van der Waals surface area contributed by atoms with Crippen molar-refractivity contribution in [3.8, 4) is 0 Å². The first kappa shape index (κ1) is 13.9. The van der Waals surface area contributed by atoms with Gasteiger partial charge in [0, 0.05) is 17.0 Å². The number of allylic oxidation sites excluding steroid dienone is 1. The Morgan fingerprint density at radius 3 is 3.00 bits per heavy atom. The maximum Gasteiger partial charge on any atom is 0.134 e. The molecule has 2 rings (SSSR count). The number of hydrogen-bond donors (Lipinski definition) is 1. The molecule has 0 saturated heterocycles. The van der Waals surface area contributed by atoms with Crippen molar-refractivity contribution in [2.24, 2.45) is 0 Å². The molecule has 0 bridgehead atoms. The van der Waals surface area contributed by atoms with E-state index in [1.807, 2.05) is 24.5 Å². The molecule has 0 aliphatic rings. The van der Waals surface area contributed by atoms with E-state index >= 15 is 0 Å². The number of fused-ring (bicyclic) bond motifs is 1. The van der Waals surface area contributed by atoms with Crippen LogP contribution in [0.1, 0.15) is 44.2 Å². The standard InChI is InChI=1S/C17H23NO/c1-3-5-6-10-16(18-12-4-2)15-13-19-17-11-8-7-9-14(15)17/h3,7-9,11,13,16,18H,1,4-6,10,12H2,2H3. The van der Waals surface area contributed by atoms with Crippen molar-refractivity contribution in [2.45, 2.75) is 38.6 Å². The maximum absolute atomic E-state index is 5.66. The highest BCUT2D eigenvalue weighted by Crippen LogP contribution is 2.29. The van der Waals surface area contributed by atoms with E-state index in [1.165, 1.54) is 10.9 Å². The number of benzene rings is 1. The summed E-state index contributed by atoms with van der Waals surface area (Å²) >= 11 is 0. The van der Waals surface area contributed by atoms with Gasteiger partial charge in [-0.05, 0) is 38.3 Å². The van der Waals surface area contributed by atoms with Crippen molar-refractivity contribution in [3.05, 3.63) is 48.7 Å². The molecule has 2 nitrogen and oxygen atoms in total. The summed E-state index contributed by atoms with van der Waals surface area (Å²) in [7, 11) is 0. The Kier molecular flexibility index (Phi) is 5.22. The topological polar surface area (TPSA) is 25.2 Å². The third-order valence-electron chi connectivity index (χ3n) is 3.43. The summed E-state index contributed by atoms with van der Waals surface area (Å²) in [5.74, 6) is 0. The Labute approximate surface area is 115 Å². The van der Waals surface area contributed by atoms with Gasteiger partial charge in [-0.1, -0.05) is 31.2 Å². The highest BCUT2D eigenvalue weighted by Gasteiger charge is 2.15. The minimum absolute atomic E-state index is 0.378. The molecule has 2 heteroatoms. The van der Waals surface area contributed by atoms with Crippen LogP contribution in [0.15, 0.2) is 47.6 Å². The summed E-state index contributed by atoms with van der Waals surface area (Å²) in [6.07, 6.45) is 8.39. The first-order chi connectivity index (χ1) is 9.36. The van der Waals surface area contributed by atoms with E-state index in [9.17, 15) is 0 Å². The van der Waals surface area contributed by atoms with Crippen LogP contribution < -0.4 is 5.32 Å². The van der Waals surface area contributed by atoms with Gasteiger partial charge < -0.3 is 9.73 Å². The van der Waals surface area contributed by atoms with Gasteiger partial charge >= 0.3 is 0 Å². The lowest BCUT2D eigenvalue weighted by Crippen LogP contribution is -2.21. The van der Waals surface area contributed by atoms with Gasteiger partial charge in [0.05, 0.1) is 6.26 Å². The Balaban J connectivity index is 2.18. The molecular formula is C17H23NO. The van der Waals surface area contributed by atoms with E-state index in [0.29, 0.717) is 6.04 Å². The molecule has 1 aromatic carbocycles. The van der Waals surface area contributed by atoms with E-state index in [0.717, 1.165) is 37.8 Å². The Bertz CT molecular complexity index is 515. The molecule has 0 aliphatic carbocycles.